The van der Waals surface area contributed by atoms with Gasteiger partial charge in [0.05, 0.1) is 28.5 Å². The van der Waals surface area contributed by atoms with Gasteiger partial charge in [0.25, 0.3) is 5.91 Å². The van der Waals surface area contributed by atoms with E-state index in [2.05, 4.69) is 15.5 Å². The maximum atomic E-state index is 12.2. The lowest BCUT2D eigenvalue weighted by Crippen LogP contribution is -2.39. The van der Waals surface area contributed by atoms with Crippen LogP contribution in [0.4, 0.5) is 0 Å². The van der Waals surface area contributed by atoms with Gasteiger partial charge in [-0.2, -0.15) is 10.4 Å². The summed E-state index contributed by atoms with van der Waals surface area (Å²) in [5.74, 6) is 0.583. The number of halogens is 1. The minimum atomic E-state index is -0.0884. The number of amides is 1. The standard InChI is InChI=1S/C18H19ClN4O2/c1-11-16(10-21-23-11)18(24)22-13-3-6-14(7-4-13)25-15-5-2-12(9-20)17(19)8-15/h2,5,8,10,13-14H,3-4,6-7H2,1H3,(H,21,23)(H,22,24). The molecule has 0 atom stereocenters. The Morgan fingerprint density at radius 1 is 1.40 bits per heavy atom. The topological polar surface area (TPSA) is 90.8 Å². The van der Waals surface area contributed by atoms with Gasteiger partial charge in [0.2, 0.25) is 0 Å². The van der Waals surface area contributed by atoms with E-state index in [4.69, 9.17) is 21.6 Å². The summed E-state index contributed by atoms with van der Waals surface area (Å²) in [6, 6.07) is 7.28. The molecule has 1 aliphatic rings. The van der Waals surface area contributed by atoms with E-state index in [-0.39, 0.29) is 18.1 Å². The molecule has 1 saturated carbocycles. The van der Waals surface area contributed by atoms with Gasteiger partial charge in [-0.05, 0) is 44.7 Å². The van der Waals surface area contributed by atoms with E-state index in [0.29, 0.717) is 21.9 Å². The number of aromatic amines is 1. The Kier molecular flexibility index (Phi) is 5.25. The molecule has 1 aromatic carbocycles. The van der Waals surface area contributed by atoms with Crippen LogP contribution in [0, 0.1) is 18.3 Å². The van der Waals surface area contributed by atoms with Crippen molar-refractivity contribution < 1.29 is 9.53 Å². The van der Waals surface area contributed by atoms with Crippen LogP contribution in [0.15, 0.2) is 24.4 Å². The van der Waals surface area contributed by atoms with Crippen LogP contribution in [0.5, 0.6) is 5.75 Å². The number of hydrogen-bond donors (Lipinski definition) is 2. The summed E-state index contributed by atoms with van der Waals surface area (Å²) in [5, 5.41) is 19.0. The van der Waals surface area contributed by atoms with Crippen molar-refractivity contribution in [2.75, 3.05) is 0 Å². The number of ether oxygens (including phenoxy) is 1. The highest BCUT2D eigenvalue weighted by Crippen LogP contribution is 2.27. The minimum absolute atomic E-state index is 0.0884. The molecule has 0 saturated heterocycles. The van der Waals surface area contributed by atoms with Gasteiger partial charge in [-0.15, -0.1) is 0 Å². The van der Waals surface area contributed by atoms with Crippen LogP contribution in [0.2, 0.25) is 5.02 Å². The highest BCUT2D eigenvalue weighted by Gasteiger charge is 2.24. The largest absolute Gasteiger partial charge is 0.490 e. The maximum absolute atomic E-state index is 12.2. The van der Waals surface area contributed by atoms with E-state index in [1.165, 1.54) is 0 Å². The van der Waals surface area contributed by atoms with E-state index in [0.717, 1.165) is 31.4 Å². The van der Waals surface area contributed by atoms with Crippen LogP contribution >= 0.6 is 11.6 Å². The molecular weight excluding hydrogens is 340 g/mol. The quantitative estimate of drug-likeness (QED) is 0.876. The molecule has 1 heterocycles. The normalized spacial score (nSPS) is 19.9. The summed E-state index contributed by atoms with van der Waals surface area (Å²) < 4.78 is 5.96. The Morgan fingerprint density at radius 3 is 2.76 bits per heavy atom. The van der Waals surface area contributed by atoms with Gasteiger partial charge in [0.1, 0.15) is 11.8 Å². The molecule has 1 amide bonds. The molecule has 0 radical (unpaired) electrons. The second-order valence-electron chi connectivity index (χ2n) is 6.23. The number of nitrogens with zero attached hydrogens (tertiary/aromatic N) is 2. The minimum Gasteiger partial charge on any atom is -0.490 e. The van der Waals surface area contributed by atoms with Gasteiger partial charge in [-0.1, -0.05) is 11.6 Å². The maximum Gasteiger partial charge on any atom is 0.254 e. The number of nitriles is 1. The van der Waals surface area contributed by atoms with Gasteiger partial charge in [0, 0.05) is 17.8 Å². The predicted molar refractivity (Wildman–Crippen MR) is 93.6 cm³/mol. The molecule has 130 valence electrons. The lowest BCUT2D eigenvalue weighted by Gasteiger charge is -2.29. The highest BCUT2D eigenvalue weighted by atomic mass is 35.5. The molecule has 25 heavy (non-hydrogen) atoms. The smallest absolute Gasteiger partial charge is 0.254 e. The molecule has 0 unspecified atom stereocenters. The lowest BCUT2D eigenvalue weighted by molar-refractivity contribution is 0.0893. The van der Waals surface area contributed by atoms with Crippen LogP contribution < -0.4 is 10.1 Å². The van der Waals surface area contributed by atoms with Crippen molar-refractivity contribution in [3.63, 3.8) is 0 Å². The first-order valence-corrected chi connectivity index (χ1v) is 8.61. The molecule has 3 rings (SSSR count). The highest BCUT2D eigenvalue weighted by molar-refractivity contribution is 6.31. The third kappa shape index (κ3) is 4.12. The molecule has 0 spiro atoms. The van der Waals surface area contributed by atoms with Crippen molar-refractivity contribution in [2.24, 2.45) is 0 Å². The molecule has 6 nitrogen and oxygen atoms in total. The van der Waals surface area contributed by atoms with E-state index in [1.807, 2.05) is 13.0 Å². The Morgan fingerprint density at radius 2 is 2.16 bits per heavy atom. The first-order valence-electron chi connectivity index (χ1n) is 8.24. The second-order valence-corrected chi connectivity index (χ2v) is 6.63. The molecule has 1 aromatic heterocycles. The number of hydrogen-bond acceptors (Lipinski definition) is 4. The van der Waals surface area contributed by atoms with Crippen LogP contribution in [-0.2, 0) is 0 Å². The summed E-state index contributed by atoms with van der Waals surface area (Å²) in [5.41, 5.74) is 1.80. The zero-order valence-corrected chi connectivity index (χ0v) is 14.6. The number of H-pyrrole nitrogens is 1. The van der Waals surface area contributed by atoms with Crippen LogP contribution in [0.1, 0.15) is 47.3 Å². The molecule has 0 bridgehead atoms. The summed E-state index contributed by atoms with van der Waals surface area (Å²) in [4.78, 5) is 12.2. The SMILES string of the molecule is Cc1[nH]ncc1C(=O)NC1CCC(Oc2ccc(C#N)c(Cl)c2)CC1. The van der Waals surface area contributed by atoms with Crippen molar-refractivity contribution in [1.82, 2.24) is 15.5 Å². The van der Waals surface area contributed by atoms with Crippen molar-refractivity contribution in [1.29, 1.82) is 5.26 Å². The summed E-state index contributed by atoms with van der Waals surface area (Å²) >= 11 is 6.03. The fourth-order valence-electron chi connectivity index (χ4n) is 3.02. The number of aryl methyl sites for hydroxylation is 1. The van der Waals surface area contributed by atoms with Gasteiger partial charge in [0.15, 0.2) is 0 Å². The van der Waals surface area contributed by atoms with E-state index in [1.54, 1.807) is 24.4 Å². The third-order valence-electron chi connectivity index (χ3n) is 4.45. The number of benzene rings is 1. The van der Waals surface area contributed by atoms with Crippen molar-refractivity contribution in [2.45, 2.75) is 44.8 Å². The second kappa shape index (κ2) is 7.58. The first kappa shape index (κ1) is 17.3. The molecule has 7 heteroatoms. The van der Waals surface area contributed by atoms with Gasteiger partial charge < -0.3 is 10.1 Å². The Balaban J connectivity index is 1.50. The van der Waals surface area contributed by atoms with E-state index >= 15 is 0 Å². The number of rotatable bonds is 4. The Labute approximate surface area is 151 Å². The Bertz CT molecular complexity index is 804. The fourth-order valence-corrected chi connectivity index (χ4v) is 3.23. The van der Waals surface area contributed by atoms with Gasteiger partial charge >= 0.3 is 0 Å². The number of carbonyl (C=O) groups excluding carboxylic acids is 1. The zero-order valence-electron chi connectivity index (χ0n) is 13.9. The fraction of sp³-hybridized carbons (Fsp3) is 0.389. The molecule has 0 aliphatic heterocycles. The zero-order chi connectivity index (χ0) is 17.8. The van der Waals surface area contributed by atoms with Gasteiger partial charge in [-0.3, -0.25) is 9.89 Å². The monoisotopic (exact) mass is 358 g/mol. The summed E-state index contributed by atoms with van der Waals surface area (Å²) in [7, 11) is 0. The van der Waals surface area contributed by atoms with E-state index < -0.39 is 0 Å². The van der Waals surface area contributed by atoms with E-state index in [9.17, 15) is 4.79 Å². The molecular formula is C18H19ClN4O2. The Hall–Kier alpha value is -2.52. The number of nitrogens with one attached hydrogen (secondary N) is 2. The molecule has 2 aromatic rings. The first-order chi connectivity index (χ1) is 12.1. The third-order valence-corrected chi connectivity index (χ3v) is 4.76. The molecule has 2 N–H and O–H groups in total. The number of aromatic nitrogens is 2. The predicted octanol–water partition coefficient (Wildman–Crippen LogP) is 3.36. The average Bonchev–Trinajstić information content (AvgIpc) is 3.03. The number of carbonyl (C=O) groups is 1. The van der Waals surface area contributed by atoms with Crippen molar-refractivity contribution in [3.05, 3.63) is 46.2 Å². The molecule has 1 fully saturated rings. The van der Waals surface area contributed by atoms with Crippen LogP contribution in [0.25, 0.3) is 0 Å². The van der Waals surface area contributed by atoms with Crippen molar-refractivity contribution in [3.8, 4) is 11.8 Å². The van der Waals surface area contributed by atoms with Crippen LogP contribution in [-0.4, -0.2) is 28.3 Å². The average molecular weight is 359 g/mol. The summed E-state index contributed by atoms with van der Waals surface area (Å²) in [6.45, 7) is 1.83. The van der Waals surface area contributed by atoms with Crippen molar-refractivity contribution >= 4 is 17.5 Å². The lowest BCUT2D eigenvalue weighted by atomic mass is 9.92. The summed E-state index contributed by atoms with van der Waals surface area (Å²) in [6.07, 6.45) is 5.07. The van der Waals surface area contributed by atoms with Crippen LogP contribution in [0.3, 0.4) is 0 Å². The molecule has 1 aliphatic carbocycles. The van der Waals surface area contributed by atoms with Gasteiger partial charge in [-0.25, -0.2) is 0 Å².